The van der Waals surface area contributed by atoms with E-state index >= 15 is 0 Å². The van der Waals surface area contributed by atoms with Crippen LogP contribution in [0, 0.1) is 11.8 Å². The van der Waals surface area contributed by atoms with Crippen LogP contribution in [0.15, 0.2) is 88.7 Å². The van der Waals surface area contributed by atoms with E-state index in [-0.39, 0.29) is 21.8 Å². The number of fused-ring (bicyclic) bond motifs is 2. The standard InChI is InChI=1S/C27H22ClN4O2/c1-34-27(33)21-13-20(14-21)26-31-25(24-16-29-11-12-32(24,26)28)19-8-7-18-9-10-22(30-23(18)15-19)17-5-3-2-4-6-17/h2-12,15-16,20-21H,13-14H2,1H3/q+1/t20-,21+,32?. The lowest BCUT2D eigenvalue weighted by molar-refractivity contribution is -0.604. The maximum atomic E-state index is 11.9. The molecule has 1 aromatic heterocycles. The molecule has 168 valence electrons. The molecule has 3 heterocycles. The molecule has 3 aliphatic rings. The van der Waals surface area contributed by atoms with Crippen LogP contribution in [0.4, 0.5) is 0 Å². The summed E-state index contributed by atoms with van der Waals surface area (Å²) in [5, 5.41) is 1.06. The first-order valence-corrected chi connectivity index (χ1v) is 11.6. The SMILES string of the molecule is COC(=O)[C@H]1C[C@@H](C2=NC(c3ccc4ccc(-c5ccccc5)nc4c3)=C3C=NC=C[N+]32Cl)C1. The molecule has 0 spiro atoms. The van der Waals surface area contributed by atoms with Gasteiger partial charge >= 0.3 is 5.97 Å². The van der Waals surface area contributed by atoms with Gasteiger partial charge in [-0.1, -0.05) is 48.5 Å². The summed E-state index contributed by atoms with van der Waals surface area (Å²) in [7, 11) is 1.43. The minimum atomic E-state index is -0.171. The average Bonchev–Trinajstić information content (AvgIpc) is 3.15. The van der Waals surface area contributed by atoms with Gasteiger partial charge in [0.05, 0.1) is 42.6 Å². The first-order valence-electron chi connectivity index (χ1n) is 11.2. The average molecular weight is 470 g/mol. The van der Waals surface area contributed by atoms with Gasteiger partial charge in [0, 0.05) is 16.5 Å². The zero-order chi connectivity index (χ0) is 23.3. The molecule has 0 bridgehead atoms. The number of amidine groups is 1. The molecule has 0 N–H and O–H groups in total. The van der Waals surface area contributed by atoms with E-state index in [2.05, 4.69) is 35.3 Å². The zero-order valence-corrected chi connectivity index (χ0v) is 19.3. The monoisotopic (exact) mass is 469 g/mol. The van der Waals surface area contributed by atoms with Crippen molar-refractivity contribution in [2.24, 2.45) is 21.8 Å². The second-order valence-electron chi connectivity index (χ2n) is 8.78. The largest absolute Gasteiger partial charge is 0.469 e. The minimum absolute atomic E-state index is 0.0348. The van der Waals surface area contributed by atoms with Crippen molar-refractivity contribution in [1.82, 2.24) is 4.98 Å². The third-order valence-corrected chi connectivity index (χ3v) is 7.25. The maximum Gasteiger partial charge on any atom is 0.308 e. The third kappa shape index (κ3) is 3.30. The van der Waals surface area contributed by atoms with Crippen molar-refractivity contribution in [3.05, 3.63) is 84.3 Å². The van der Waals surface area contributed by atoms with Crippen molar-refractivity contribution in [2.75, 3.05) is 7.11 Å². The molecule has 1 saturated carbocycles. The summed E-state index contributed by atoms with van der Waals surface area (Å²) in [6.45, 7) is 0. The van der Waals surface area contributed by atoms with Gasteiger partial charge in [0.2, 0.25) is 11.5 Å². The summed E-state index contributed by atoms with van der Waals surface area (Å²) in [5.74, 6) is 0.654. The lowest BCUT2D eigenvalue weighted by Crippen LogP contribution is -2.47. The molecular formula is C27H22ClN4O2+. The molecule has 0 radical (unpaired) electrons. The van der Waals surface area contributed by atoms with E-state index in [1.54, 1.807) is 12.4 Å². The number of ether oxygens (including phenoxy) is 1. The van der Waals surface area contributed by atoms with Crippen LogP contribution in [0.1, 0.15) is 18.4 Å². The van der Waals surface area contributed by atoms with E-state index in [0.717, 1.165) is 45.0 Å². The van der Waals surface area contributed by atoms with Crippen LogP contribution in [0.5, 0.6) is 0 Å². The first-order chi connectivity index (χ1) is 16.6. The Morgan fingerprint density at radius 3 is 2.65 bits per heavy atom. The Hall–Kier alpha value is -3.61. The molecule has 3 aromatic rings. The topological polar surface area (TPSA) is 63.9 Å². The van der Waals surface area contributed by atoms with Crippen LogP contribution < -0.4 is 0 Å². The number of halogens is 1. The van der Waals surface area contributed by atoms with Crippen molar-refractivity contribution in [2.45, 2.75) is 12.8 Å². The summed E-state index contributed by atoms with van der Waals surface area (Å²) >= 11 is 7.11. The Labute approximate surface area is 202 Å². The van der Waals surface area contributed by atoms with Gasteiger partial charge in [0.1, 0.15) is 11.9 Å². The minimum Gasteiger partial charge on any atom is -0.469 e. The van der Waals surface area contributed by atoms with E-state index < -0.39 is 0 Å². The van der Waals surface area contributed by atoms with Gasteiger partial charge in [0.25, 0.3) is 0 Å². The molecule has 1 atom stereocenters. The number of carbonyl (C=O) groups excluding carboxylic acids is 1. The number of hydrogen-bond acceptors (Lipinski definition) is 5. The van der Waals surface area contributed by atoms with Crippen LogP contribution in [0.2, 0.25) is 0 Å². The highest BCUT2D eigenvalue weighted by Crippen LogP contribution is 2.47. The Kier molecular flexibility index (Phi) is 4.94. The molecule has 0 saturated heterocycles. The van der Waals surface area contributed by atoms with E-state index in [0.29, 0.717) is 12.8 Å². The molecule has 2 aliphatic heterocycles. The number of hydrogen-bond donors (Lipinski definition) is 0. The molecule has 0 amide bonds. The van der Waals surface area contributed by atoms with Crippen LogP contribution >= 0.6 is 11.8 Å². The molecule has 6 rings (SSSR count). The van der Waals surface area contributed by atoms with Crippen molar-refractivity contribution in [3.8, 4) is 11.3 Å². The molecule has 1 aliphatic carbocycles. The molecule has 1 unspecified atom stereocenters. The molecular weight excluding hydrogens is 448 g/mol. The smallest absolute Gasteiger partial charge is 0.308 e. The van der Waals surface area contributed by atoms with Crippen molar-refractivity contribution in [1.29, 1.82) is 0 Å². The fourth-order valence-electron chi connectivity index (χ4n) is 4.86. The first kappa shape index (κ1) is 21.0. The van der Waals surface area contributed by atoms with Crippen LogP contribution in [0.3, 0.4) is 0 Å². The van der Waals surface area contributed by atoms with Gasteiger partial charge in [-0.05, 0) is 25.0 Å². The van der Waals surface area contributed by atoms with Crippen molar-refractivity contribution >= 4 is 46.4 Å². The van der Waals surface area contributed by atoms with E-state index in [1.165, 1.54) is 7.11 Å². The Bertz CT molecular complexity index is 1440. The summed E-state index contributed by atoms with van der Waals surface area (Å²) in [6, 6.07) is 20.4. The number of allylic oxidation sites excluding steroid dienone is 1. The molecule has 6 nitrogen and oxygen atoms in total. The normalized spacial score (nSPS) is 25.2. The fraction of sp³-hybridized carbons (Fsp3) is 0.185. The number of aromatic nitrogens is 1. The molecule has 2 aromatic carbocycles. The number of rotatable bonds is 4. The molecule has 7 heteroatoms. The highest BCUT2D eigenvalue weighted by atomic mass is 35.5. The summed E-state index contributed by atoms with van der Waals surface area (Å²) in [4.78, 5) is 26.2. The Morgan fingerprint density at radius 1 is 1.06 bits per heavy atom. The number of quaternary nitrogens is 1. The number of methoxy groups -OCH3 is 1. The third-order valence-electron chi connectivity index (χ3n) is 6.78. The Balaban J connectivity index is 1.40. The lowest BCUT2D eigenvalue weighted by Gasteiger charge is -2.35. The maximum absolute atomic E-state index is 11.9. The second-order valence-corrected chi connectivity index (χ2v) is 9.31. The molecule has 1 fully saturated rings. The number of esters is 1. The molecule has 34 heavy (non-hydrogen) atoms. The van der Waals surface area contributed by atoms with E-state index in [1.807, 2.05) is 36.5 Å². The van der Waals surface area contributed by atoms with E-state index in [4.69, 9.17) is 26.5 Å². The quantitative estimate of drug-likeness (QED) is 0.363. The number of pyridine rings is 1. The van der Waals surface area contributed by atoms with Crippen LogP contribution in [-0.4, -0.2) is 34.1 Å². The lowest BCUT2D eigenvalue weighted by atomic mass is 9.74. The van der Waals surface area contributed by atoms with Gasteiger partial charge in [-0.15, -0.1) is 4.00 Å². The van der Waals surface area contributed by atoms with Gasteiger partial charge in [-0.25, -0.2) is 4.98 Å². The highest BCUT2D eigenvalue weighted by Gasteiger charge is 2.53. The fourth-order valence-corrected chi connectivity index (χ4v) is 5.21. The van der Waals surface area contributed by atoms with Gasteiger partial charge in [0.15, 0.2) is 11.8 Å². The predicted molar refractivity (Wildman–Crippen MR) is 134 cm³/mol. The van der Waals surface area contributed by atoms with Gasteiger partial charge in [-0.3, -0.25) is 9.79 Å². The summed E-state index contributed by atoms with van der Waals surface area (Å²) in [5.41, 5.74) is 5.41. The number of carbonyl (C=O) groups is 1. The van der Waals surface area contributed by atoms with Crippen molar-refractivity contribution < 1.29 is 13.5 Å². The van der Waals surface area contributed by atoms with Crippen LogP contribution in [0.25, 0.3) is 27.9 Å². The van der Waals surface area contributed by atoms with Crippen molar-refractivity contribution in [3.63, 3.8) is 0 Å². The van der Waals surface area contributed by atoms with E-state index in [9.17, 15) is 4.79 Å². The predicted octanol–water partition coefficient (Wildman–Crippen LogP) is 5.71. The summed E-state index contributed by atoms with van der Waals surface area (Å²) < 4.78 is 4.87. The zero-order valence-electron chi connectivity index (χ0n) is 18.6. The number of aliphatic imine (C=N–C) groups is 2. The van der Waals surface area contributed by atoms with Gasteiger partial charge in [-0.2, -0.15) is 4.99 Å². The number of nitrogens with zero attached hydrogens (tertiary/aromatic N) is 4. The second kappa shape index (κ2) is 8.01. The summed E-state index contributed by atoms with van der Waals surface area (Å²) in [6.07, 6.45) is 6.67. The highest BCUT2D eigenvalue weighted by molar-refractivity contribution is 6.20. The number of benzene rings is 2. The van der Waals surface area contributed by atoms with Crippen LogP contribution in [-0.2, 0) is 9.53 Å². The Morgan fingerprint density at radius 2 is 1.85 bits per heavy atom. The van der Waals surface area contributed by atoms with Gasteiger partial charge < -0.3 is 4.74 Å².